The van der Waals surface area contributed by atoms with Crippen molar-refractivity contribution >= 4 is 16.8 Å². The Kier molecular flexibility index (Phi) is 3.92. The zero-order valence-corrected chi connectivity index (χ0v) is 12.7. The van der Waals surface area contributed by atoms with E-state index in [1.54, 1.807) is 6.20 Å². The van der Waals surface area contributed by atoms with Crippen molar-refractivity contribution < 1.29 is 4.79 Å². The van der Waals surface area contributed by atoms with E-state index in [1.165, 1.54) is 0 Å². The Morgan fingerprint density at radius 1 is 1.33 bits per heavy atom. The van der Waals surface area contributed by atoms with E-state index in [2.05, 4.69) is 28.9 Å². The van der Waals surface area contributed by atoms with Crippen LogP contribution in [0.2, 0.25) is 0 Å². The number of H-pyrrole nitrogens is 1. The highest BCUT2D eigenvalue weighted by Crippen LogP contribution is 2.16. The second-order valence-corrected chi connectivity index (χ2v) is 5.76. The van der Waals surface area contributed by atoms with Crippen LogP contribution in [-0.4, -0.2) is 58.1 Å². The predicted octanol–water partition coefficient (Wildman–Crippen LogP) is 2.12. The minimum atomic E-state index is 0.121. The molecule has 0 aliphatic carbocycles. The van der Waals surface area contributed by atoms with Gasteiger partial charge in [0.15, 0.2) is 0 Å². The molecule has 21 heavy (non-hydrogen) atoms. The molecule has 1 unspecified atom stereocenters. The molecule has 112 valence electrons. The van der Waals surface area contributed by atoms with Crippen molar-refractivity contribution in [1.29, 1.82) is 0 Å². The number of carbonyl (C=O) groups is 1. The Balaban J connectivity index is 1.68. The molecule has 5 heteroatoms. The smallest absolute Gasteiger partial charge is 0.254 e. The fourth-order valence-corrected chi connectivity index (χ4v) is 2.88. The summed E-state index contributed by atoms with van der Waals surface area (Å²) >= 11 is 0. The number of hydrogen-bond donors (Lipinski definition) is 1. The number of piperazine rings is 1. The van der Waals surface area contributed by atoms with E-state index in [0.717, 1.165) is 49.1 Å². The summed E-state index contributed by atoms with van der Waals surface area (Å²) in [7, 11) is 0. The van der Waals surface area contributed by atoms with Gasteiger partial charge in [0.2, 0.25) is 0 Å². The number of benzene rings is 1. The summed E-state index contributed by atoms with van der Waals surface area (Å²) in [5, 5.41) is 7.95. The third-order valence-corrected chi connectivity index (χ3v) is 4.50. The summed E-state index contributed by atoms with van der Waals surface area (Å²) in [4.78, 5) is 17.0. The molecule has 0 bridgehead atoms. The zero-order chi connectivity index (χ0) is 14.8. The quantitative estimate of drug-likeness (QED) is 0.940. The minimum Gasteiger partial charge on any atom is -0.336 e. The lowest BCUT2D eigenvalue weighted by Crippen LogP contribution is -2.51. The first kappa shape index (κ1) is 14.1. The molecule has 5 nitrogen and oxygen atoms in total. The van der Waals surface area contributed by atoms with Gasteiger partial charge in [-0.25, -0.2) is 0 Å². The molecule has 1 aliphatic heterocycles. The van der Waals surface area contributed by atoms with Crippen LogP contribution in [0.5, 0.6) is 0 Å². The average molecular weight is 286 g/mol. The topological polar surface area (TPSA) is 52.2 Å². The van der Waals surface area contributed by atoms with Gasteiger partial charge in [-0.2, -0.15) is 5.10 Å². The first-order valence-electron chi connectivity index (χ1n) is 7.65. The second kappa shape index (κ2) is 5.85. The highest BCUT2D eigenvalue weighted by atomic mass is 16.2. The summed E-state index contributed by atoms with van der Waals surface area (Å²) in [5.74, 6) is 0.121. The summed E-state index contributed by atoms with van der Waals surface area (Å²) in [6.07, 6.45) is 2.93. The van der Waals surface area contributed by atoms with Crippen molar-refractivity contribution in [3.05, 3.63) is 30.0 Å². The molecule has 2 aromatic rings. The second-order valence-electron chi connectivity index (χ2n) is 5.76. The van der Waals surface area contributed by atoms with Gasteiger partial charge in [-0.1, -0.05) is 13.0 Å². The Hall–Kier alpha value is -1.88. The third-order valence-electron chi connectivity index (χ3n) is 4.50. The number of amides is 1. The molecule has 3 rings (SSSR count). The monoisotopic (exact) mass is 286 g/mol. The zero-order valence-electron chi connectivity index (χ0n) is 12.7. The highest BCUT2D eigenvalue weighted by molar-refractivity contribution is 5.97. The van der Waals surface area contributed by atoms with Crippen LogP contribution < -0.4 is 0 Å². The number of carbonyl (C=O) groups excluding carboxylic acids is 1. The van der Waals surface area contributed by atoms with E-state index in [0.29, 0.717) is 6.04 Å². The summed E-state index contributed by atoms with van der Waals surface area (Å²) < 4.78 is 0. The molecular formula is C16H22N4O. The van der Waals surface area contributed by atoms with Gasteiger partial charge in [-0.15, -0.1) is 0 Å². The lowest BCUT2D eigenvalue weighted by molar-refractivity contribution is 0.0580. The number of rotatable bonds is 3. The molecule has 1 aliphatic rings. The molecule has 1 fully saturated rings. The van der Waals surface area contributed by atoms with Gasteiger partial charge in [0.25, 0.3) is 5.91 Å². The summed E-state index contributed by atoms with van der Waals surface area (Å²) in [6.45, 7) is 8.01. The van der Waals surface area contributed by atoms with Crippen molar-refractivity contribution in [2.75, 3.05) is 26.2 Å². The number of fused-ring (bicyclic) bond motifs is 1. The Labute approximate surface area is 124 Å². The maximum atomic E-state index is 12.6. The van der Waals surface area contributed by atoms with Crippen LogP contribution in [0, 0.1) is 0 Å². The van der Waals surface area contributed by atoms with Gasteiger partial charge in [0.1, 0.15) is 0 Å². The number of nitrogens with zero attached hydrogens (tertiary/aromatic N) is 3. The van der Waals surface area contributed by atoms with Crippen molar-refractivity contribution in [3.8, 4) is 0 Å². The molecule has 1 atom stereocenters. The maximum Gasteiger partial charge on any atom is 0.254 e. The van der Waals surface area contributed by atoms with Crippen LogP contribution in [0.3, 0.4) is 0 Å². The van der Waals surface area contributed by atoms with Crippen molar-refractivity contribution in [1.82, 2.24) is 20.0 Å². The first-order chi connectivity index (χ1) is 10.2. The van der Waals surface area contributed by atoms with E-state index < -0.39 is 0 Å². The van der Waals surface area contributed by atoms with E-state index in [9.17, 15) is 4.79 Å². The Bertz CT molecular complexity index is 628. The molecule has 2 heterocycles. The van der Waals surface area contributed by atoms with Crippen molar-refractivity contribution in [2.45, 2.75) is 26.3 Å². The number of aromatic amines is 1. The lowest BCUT2D eigenvalue weighted by Gasteiger charge is -2.37. The van der Waals surface area contributed by atoms with E-state index >= 15 is 0 Å². The van der Waals surface area contributed by atoms with E-state index in [-0.39, 0.29) is 5.91 Å². The summed E-state index contributed by atoms with van der Waals surface area (Å²) in [6, 6.07) is 6.33. The SMILES string of the molecule is CCC(C)N1CCN(C(=O)c2ccc3cn[nH]c3c2)CC1. The van der Waals surface area contributed by atoms with Gasteiger partial charge in [0.05, 0.1) is 11.7 Å². The fraction of sp³-hybridized carbons (Fsp3) is 0.500. The highest BCUT2D eigenvalue weighted by Gasteiger charge is 2.24. The van der Waals surface area contributed by atoms with Gasteiger partial charge in [-0.05, 0) is 25.5 Å². The molecule has 0 saturated carbocycles. The fourth-order valence-electron chi connectivity index (χ4n) is 2.88. The Morgan fingerprint density at radius 3 is 2.81 bits per heavy atom. The largest absolute Gasteiger partial charge is 0.336 e. The van der Waals surface area contributed by atoms with Gasteiger partial charge in [0, 0.05) is 43.2 Å². The lowest BCUT2D eigenvalue weighted by atomic mass is 10.1. The molecule has 1 aromatic heterocycles. The molecule has 1 N–H and O–H groups in total. The van der Waals surface area contributed by atoms with Crippen LogP contribution in [0.4, 0.5) is 0 Å². The van der Waals surface area contributed by atoms with Crippen LogP contribution in [0.15, 0.2) is 24.4 Å². The van der Waals surface area contributed by atoms with Gasteiger partial charge >= 0.3 is 0 Å². The van der Waals surface area contributed by atoms with Crippen molar-refractivity contribution in [2.24, 2.45) is 0 Å². The Morgan fingerprint density at radius 2 is 2.10 bits per heavy atom. The average Bonchev–Trinajstić information content (AvgIpc) is 3.01. The van der Waals surface area contributed by atoms with Crippen LogP contribution in [0.1, 0.15) is 30.6 Å². The molecule has 1 saturated heterocycles. The van der Waals surface area contributed by atoms with E-state index in [4.69, 9.17) is 0 Å². The normalized spacial score (nSPS) is 18.1. The van der Waals surface area contributed by atoms with Gasteiger partial charge in [-0.3, -0.25) is 14.8 Å². The molecule has 0 spiro atoms. The third kappa shape index (κ3) is 2.78. The molecule has 1 amide bonds. The predicted molar refractivity (Wildman–Crippen MR) is 83.3 cm³/mol. The van der Waals surface area contributed by atoms with Gasteiger partial charge < -0.3 is 4.90 Å². The number of nitrogens with one attached hydrogen (secondary N) is 1. The van der Waals surface area contributed by atoms with E-state index in [1.807, 2.05) is 23.1 Å². The molecule has 1 aromatic carbocycles. The molecule has 0 radical (unpaired) electrons. The van der Waals surface area contributed by atoms with Crippen LogP contribution >= 0.6 is 0 Å². The number of hydrogen-bond acceptors (Lipinski definition) is 3. The minimum absolute atomic E-state index is 0.121. The van der Waals surface area contributed by atoms with Crippen molar-refractivity contribution in [3.63, 3.8) is 0 Å². The summed E-state index contributed by atoms with van der Waals surface area (Å²) in [5.41, 5.74) is 1.66. The van der Waals surface area contributed by atoms with Crippen LogP contribution in [0.25, 0.3) is 10.9 Å². The number of aromatic nitrogens is 2. The maximum absolute atomic E-state index is 12.6. The standard InChI is InChI=1S/C16H22N4O/c1-3-12(2)19-6-8-20(9-7-19)16(21)13-4-5-14-11-17-18-15(14)10-13/h4-5,10-12H,3,6-9H2,1-2H3,(H,17,18). The first-order valence-corrected chi connectivity index (χ1v) is 7.65. The van der Waals surface area contributed by atoms with Crippen LogP contribution in [-0.2, 0) is 0 Å². The molecular weight excluding hydrogens is 264 g/mol.